The fourth-order valence-electron chi connectivity index (χ4n) is 2.98. The minimum atomic E-state index is -0.440. The summed E-state index contributed by atoms with van der Waals surface area (Å²) in [5.74, 6) is 2.12. The Morgan fingerprint density at radius 3 is 2.60 bits per heavy atom. The van der Waals surface area contributed by atoms with Crippen molar-refractivity contribution in [3.63, 3.8) is 0 Å². The van der Waals surface area contributed by atoms with Crippen molar-refractivity contribution in [3.8, 4) is 28.6 Å². The molecule has 2 heterocycles. The van der Waals surface area contributed by atoms with Gasteiger partial charge in [-0.15, -0.1) is 0 Å². The zero-order valence-corrected chi connectivity index (χ0v) is 17.1. The molecule has 30 heavy (non-hydrogen) atoms. The molecular formula is C21H17ClN2O6. The van der Waals surface area contributed by atoms with Crippen LogP contribution in [0.15, 0.2) is 50.1 Å². The first-order valence-corrected chi connectivity index (χ1v) is 9.28. The summed E-state index contributed by atoms with van der Waals surface area (Å²) < 4.78 is 26.7. The molecule has 8 nitrogen and oxygen atoms in total. The van der Waals surface area contributed by atoms with E-state index >= 15 is 0 Å². The fourth-order valence-corrected chi connectivity index (χ4v) is 3.19. The lowest BCUT2D eigenvalue weighted by Gasteiger charge is -2.08. The van der Waals surface area contributed by atoms with Crippen molar-refractivity contribution in [1.82, 2.24) is 10.1 Å². The van der Waals surface area contributed by atoms with Gasteiger partial charge in [0.05, 0.1) is 19.2 Å². The highest BCUT2D eigenvalue weighted by Crippen LogP contribution is 2.33. The Labute approximate surface area is 175 Å². The average molecular weight is 429 g/mol. The van der Waals surface area contributed by atoms with Crippen LogP contribution >= 0.6 is 11.6 Å². The predicted molar refractivity (Wildman–Crippen MR) is 109 cm³/mol. The lowest BCUT2D eigenvalue weighted by molar-refractivity contribution is 0.243. The summed E-state index contributed by atoms with van der Waals surface area (Å²) in [5.41, 5.74) is 1.41. The van der Waals surface area contributed by atoms with E-state index in [0.29, 0.717) is 39.2 Å². The molecule has 0 atom stereocenters. The summed E-state index contributed by atoms with van der Waals surface area (Å²) in [4.78, 5) is 15.9. The van der Waals surface area contributed by atoms with Gasteiger partial charge in [-0.05, 0) is 36.8 Å². The third kappa shape index (κ3) is 3.81. The van der Waals surface area contributed by atoms with Crippen LogP contribution in [-0.4, -0.2) is 24.4 Å². The third-order valence-electron chi connectivity index (χ3n) is 4.46. The SMILES string of the molecule is COc1ccc(-c2noc(COc3cc4oc(=O)cc(C)c4cc3Cl)n2)cc1OC. The maximum atomic E-state index is 11.6. The van der Waals surface area contributed by atoms with Gasteiger partial charge < -0.3 is 23.2 Å². The smallest absolute Gasteiger partial charge is 0.336 e. The average Bonchev–Trinajstić information content (AvgIpc) is 3.21. The Kier molecular flexibility index (Phi) is 5.33. The topological polar surface area (TPSA) is 96.8 Å². The van der Waals surface area contributed by atoms with E-state index in [1.165, 1.54) is 6.07 Å². The molecule has 0 saturated heterocycles. The van der Waals surface area contributed by atoms with E-state index in [-0.39, 0.29) is 12.5 Å². The molecule has 0 radical (unpaired) electrons. The van der Waals surface area contributed by atoms with E-state index < -0.39 is 5.63 Å². The summed E-state index contributed by atoms with van der Waals surface area (Å²) in [5, 5.41) is 5.08. The number of rotatable bonds is 6. The van der Waals surface area contributed by atoms with E-state index in [0.717, 1.165) is 10.9 Å². The van der Waals surface area contributed by atoms with Crippen LogP contribution < -0.4 is 19.8 Å². The Morgan fingerprint density at radius 2 is 1.83 bits per heavy atom. The predicted octanol–water partition coefficient (Wildman–Crippen LogP) is 4.40. The Bertz CT molecular complexity index is 1280. The number of aromatic nitrogens is 2. The minimum absolute atomic E-state index is 0.0123. The van der Waals surface area contributed by atoms with E-state index in [1.54, 1.807) is 44.6 Å². The maximum Gasteiger partial charge on any atom is 0.336 e. The molecule has 154 valence electrons. The molecule has 0 aliphatic heterocycles. The van der Waals surface area contributed by atoms with Crippen molar-refractivity contribution in [3.05, 3.63) is 63.3 Å². The first-order chi connectivity index (χ1) is 14.5. The first kappa shape index (κ1) is 19.8. The molecule has 0 aliphatic rings. The lowest BCUT2D eigenvalue weighted by atomic mass is 10.1. The Hall–Kier alpha value is -3.52. The summed E-state index contributed by atoms with van der Waals surface area (Å²) >= 11 is 6.31. The maximum absolute atomic E-state index is 11.6. The highest BCUT2D eigenvalue weighted by Gasteiger charge is 2.14. The van der Waals surface area contributed by atoms with E-state index in [2.05, 4.69) is 10.1 Å². The highest BCUT2D eigenvalue weighted by atomic mass is 35.5. The molecule has 4 aromatic rings. The molecule has 0 fully saturated rings. The molecule has 0 saturated carbocycles. The molecule has 0 bridgehead atoms. The van der Waals surface area contributed by atoms with Gasteiger partial charge in [0.2, 0.25) is 5.82 Å². The van der Waals surface area contributed by atoms with Crippen molar-refractivity contribution < 1.29 is 23.2 Å². The number of halogens is 1. The Morgan fingerprint density at radius 1 is 1.03 bits per heavy atom. The summed E-state index contributed by atoms with van der Waals surface area (Å²) in [7, 11) is 3.11. The van der Waals surface area contributed by atoms with Gasteiger partial charge in [-0.1, -0.05) is 16.8 Å². The minimum Gasteiger partial charge on any atom is -0.493 e. The molecule has 0 aliphatic carbocycles. The molecular weight excluding hydrogens is 412 g/mol. The second-order valence-electron chi connectivity index (χ2n) is 6.40. The monoisotopic (exact) mass is 428 g/mol. The van der Waals surface area contributed by atoms with Gasteiger partial charge in [0.25, 0.3) is 5.89 Å². The van der Waals surface area contributed by atoms with Crippen LogP contribution in [0.2, 0.25) is 5.02 Å². The first-order valence-electron chi connectivity index (χ1n) is 8.90. The van der Waals surface area contributed by atoms with E-state index in [9.17, 15) is 4.79 Å². The van der Waals surface area contributed by atoms with Gasteiger partial charge >= 0.3 is 5.63 Å². The molecule has 0 amide bonds. The summed E-state index contributed by atoms with van der Waals surface area (Å²) in [6.45, 7) is 1.80. The van der Waals surface area contributed by atoms with Crippen molar-refractivity contribution in [2.45, 2.75) is 13.5 Å². The number of hydrogen-bond donors (Lipinski definition) is 0. The van der Waals surface area contributed by atoms with E-state index in [4.69, 9.17) is 34.8 Å². The lowest BCUT2D eigenvalue weighted by Crippen LogP contribution is -2.00. The van der Waals surface area contributed by atoms with Gasteiger partial charge in [-0.2, -0.15) is 4.98 Å². The quantitative estimate of drug-likeness (QED) is 0.417. The molecule has 0 unspecified atom stereocenters. The molecule has 4 rings (SSSR count). The van der Waals surface area contributed by atoms with Crippen molar-refractivity contribution in [1.29, 1.82) is 0 Å². The standard InChI is InChI=1S/C21H17ClN2O6/c1-11-6-20(25)29-16-9-17(14(22)8-13(11)16)28-10-19-23-21(24-30-19)12-4-5-15(26-2)18(7-12)27-3/h4-9H,10H2,1-3H3. The number of fused-ring (bicyclic) bond motifs is 1. The van der Waals surface area contributed by atoms with Crippen LogP contribution in [0.25, 0.3) is 22.4 Å². The van der Waals surface area contributed by atoms with Gasteiger partial charge in [0.1, 0.15) is 11.3 Å². The Balaban J connectivity index is 1.55. The van der Waals surface area contributed by atoms with Crippen LogP contribution in [0, 0.1) is 6.92 Å². The molecule has 0 spiro atoms. The van der Waals surface area contributed by atoms with Crippen LogP contribution in [-0.2, 0) is 6.61 Å². The third-order valence-corrected chi connectivity index (χ3v) is 4.76. The highest BCUT2D eigenvalue weighted by molar-refractivity contribution is 6.32. The second kappa shape index (κ2) is 8.08. The van der Waals surface area contributed by atoms with Gasteiger partial charge in [0, 0.05) is 23.1 Å². The number of methoxy groups -OCH3 is 2. The zero-order valence-electron chi connectivity index (χ0n) is 16.4. The number of hydrogen-bond acceptors (Lipinski definition) is 8. The van der Waals surface area contributed by atoms with Gasteiger partial charge in [-0.25, -0.2) is 4.79 Å². The molecule has 2 aromatic carbocycles. The number of benzene rings is 2. The summed E-state index contributed by atoms with van der Waals surface area (Å²) in [6, 6.07) is 9.96. The van der Waals surface area contributed by atoms with Crippen molar-refractivity contribution in [2.24, 2.45) is 0 Å². The van der Waals surface area contributed by atoms with Crippen LogP contribution in [0.5, 0.6) is 17.2 Å². The van der Waals surface area contributed by atoms with Crippen LogP contribution in [0.1, 0.15) is 11.5 Å². The molecule has 2 aromatic heterocycles. The van der Waals surface area contributed by atoms with Crippen LogP contribution in [0.3, 0.4) is 0 Å². The second-order valence-corrected chi connectivity index (χ2v) is 6.80. The largest absolute Gasteiger partial charge is 0.493 e. The number of ether oxygens (including phenoxy) is 3. The summed E-state index contributed by atoms with van der Waals surface area (Å²) in [6.07, 6.45) is 0. The number of aryl methyl sites for hydroxylation is 1. The zero-order chi connectivity index (χ0) is 21.3. The molecule has 9 heteroatoms. The fraction of sp³-hybridized carbons (Fsp3) is 0.190. The van der Waals surface area contributed by atoms with Gasteiger partial charge in [0.15, 0.2) is 18.1 Å². The van der Waals surface area contributed by atoms with Crippen molar-refractivity contribution in [2.75, 3.05) is 14.2 Å². The van der Waals surface area contributed by atoms with E-state index in [1.807, 2.05) is 6.92 Å². The molecule has 0 N–H and O–H groups in total. The normalized spacial score (nSPS) is 10.9. The number of nitrogens with zero attached hydrogens (tertiary/aromatic N) is 2. The van der Waals surface area contributed by atoms with Crippen molar-refractivity contribution >= 4 is 22.6 Å². The van der Waals surface area contributed by atoms with Crippen LogP contribution in [0.4, 0.5) is 0 Å². The van der Waals surface area contributed by atoms with Gasteiger partial charge in [-0.3, -0.25) is 0 Å².